The minimum atomic E-state index is -0.427. The fourth-order valence-corrected chi connectivity index (χ4v) is 3.60. The number of nitrogens with one attached hydrogen (secondary N) is 1. The molecule has 1 spiro atoms. The second kappa shape index (κ2) is 6.16. The third kappa shape index (κ3) is 2.90. The van der Waals surface area contributed by atoms with Crippen molar-refractivity contribution >= 4 is 23.6 Å². The van der Waals surface area contributed by atoms with Gasteiger partial charge in [0.1, 0.15) is 0 Å². The van der Waals surface area contributed by atoms with E-state index in [1.54, 1.807) is 4.90 Å². The molecule has 0 radical (unpaired) electrons. The van der Waals surface area contributed by atoms with Gasteiger partial charge in [0.2, 0.25) is 5.91 Å². The normalized spacial score (nSPS) is 27.8. The van der Waals surface area contributed by atoms with Crippen LogP contribution in [0.2, 0.25) is 0 Å². The largest absolute Gasteiger partial charge is 0.433 e. The number of amides is 2. The van der Waals surface area contributed by atoms with Crippen molar-refractivity contribution in [3.8, 4) is 0 Å². The van der Waals surface area contributed by atoms with Gasteiger partial charge in [-0.05, 0) is 24.8 Å². The Hall–Kier alpha value is -1.75. The van der Waals surface area contributed by atoms with Gasteiger partial charge >= 0.3 is 6.09 Å². The van der Waals surface area contributed by atoms with Crippen molar-refractivity contribution in [2.75, 3.05) is 12.6 Å². The summed E-state index contributed by atoms with van der Waals surface area (Å²) < 4.78 is 5.00. The van der Waals surface area contributed by atoms with Crippen LogP contribution in [-0.4, -0.2) is 35.1 Å². The lowest BCUT2D eigenvalue weighted by Gasteiger charge is -2.44. The molecule has 1 aromatic carbocycles. The number of halogens is 1. The first-order valence-corrected chi connectivity index (χ1v) is 8.02. The molecule has 0 saturated carbocycles. The Balaban J connectivity index is 1.85. The van der Waals surface area contributed by atoms with Crippen molar-refractivity contribution in [2.45, 2.75) is 37.3 Å². The van der Waals surface area contributed by atoms with E-state index in [9.17, 15) is 9.59 Å². The van der Waals surface area contributed by atoms with Crippen LogP contribution in [0.25, 0.3) is 0 Å². The number of nitrogens with zero attached hydrogens (tertiary/aromatic N) is 1. The summed E-state index contributed by atoms with van der Waals surface area (Å²) in [6, 6.07) is 9.68. The SMILES string of the molecule is O=C1CCC2(CCC(c3ccccc3)N(C(=O)OCCl)C2)N1. The van der Waals surface area contributed by atoms with E-state index in [0.717, 1.165) is 24.8 Å². The van der Waals surface area contributed by atoms with Crippen LogP contribution < -0.4 is 5.32 Å². The maximum atomic E-state index is 12.3. The third-order valence-corrected chi connectivity index (χ3v) is 4.69. The number of rotatable bonds is 2. The molecule has 6 heteroatoms. The zero-order valence-corrected chi connectivity index (χ0v) is 13.0. The minimum Gasteiger partial charge on any atom is -0.433 e. The summed E-state index contributed by atoms with van der Waals surface area (Å²) in [4.78, 5) is 25.6. The predicted molar refractivity (Wildman–Crippen MR) is 82.4 cm³/mol. The van der Waals surface area contributed by atoms with Gasteiger partial charge in [0.15, 0.2) is 6.07 Å². The van der Waals surface area contributed by atoms with Crippen LogP contribution in [0.3, 0.4) is 0 Å². The molecule has 2 atom stereocenters. The highest BCUT2D eigenvalue weighted by molar-refractivity contribution is 6.17. The predicted octanol–water partition coefficient (Wildman–Crippen LogP) is 2.81. The monoisotopic (exact) mass is 322 g/mol. The number of piperidine rings is 1. The highest BCUT2D eigenvalue weighted by Crippen LogP contribution is 2.39. The van der Waals surface area contributed by atoms with Crippen molar-refractivity contribution in [3.63, 3.8) is 0 Å². The molecule has 5 nitrogen and oxygen atoms in total. The van der Waals surface area contributed by atoms with E-state index in [-0.39, 0.29) is 23.6 Å². The highest BCUT2D eigenvalue weighted by atomic mass is 35.5. The van der Waals surface area contributed by atoms with Crippen molar-refractivity contribution in [3.05, 3.63) is 35.9 Å². The Kier molecular flexibility index (Phi) is 4.25. The fraction of sp³-hybridized carbons (Fsp3) is 0.500. The van der Waals surface area contributed by atoms with Crippen molar-refractivity contribution in [1.29, 1.82) is 0 Å². The molecule has 3 rings (SSSR count). The molecule has 2 aliphatic rings. The first kappa shape index (κ1) is 15.2. The molecule has 0 aromatic heterocycles. The molecule has 0 bridgehead atoms. The summed E-state index contributed by atoms with van der Waals surface area (Å²) in [5.74, 6) is 0.0591. The summed E-state index contributed by atoms with van der Waals surface area (Å²) in [5, 5.41) is 3.05. The zero-order valence-electron chi connectivity index (χ0n) is 12.3. The van der Waals surface area contributed by atoms with Crippen LogP contribution in [0, 0.1) is 0 Å². The Morgan fingerprint density at radius 2 is 2.14 bits per heavy atom. The highest BCUT2D eigenvalue weighted by Gasteiger charge is 2.46. The molecule has 1 N–H and O–H groups in total. The second-order valence-electron chi connectivity index (χ2n) is 5.94. The molecule has 1 aromatic rings. The van der Waals surface area contributed by atoms with Gasteiger partial charge in [-0.15, -0.1) is 0 Å². The van der Waals surface area contributed by atoms with Crippen LogP contribution in [0.15, 0.2) is 30.3 Å². The molecule has 118 valence electrons. The lowest BCUT2D eigenvalue weighted by atomic mass is 9.82. The molecular weight excluding hydrogens is 304 g/mol. The molecule has 22 heavy (non-hydrogen) atoms. The van der Waals surface area contributed by atoms with Crippen LogP contribution in [-0.2, 0) is 9.53 Å². The van der Waals surface area contributed by atoms with Gasteiger partial charge in [-0.25, -0.2) is 4.79 Å². The van der Waals surface area contributed by atoms with E-state index < -0.39 is 6.09 Å². The summed E-state index contributed by atoms with van der Waals surface area (Å²) >= 11 is 5.54. The molecule has 2 heterocycles. The van der Waals surface area contributed by atoms with Crippen LogP contribution in [0.5, 0.6) is 0 Å². The number of hydrogen-bond donors (Lipinski definition) is 1. The number of alkyl halides is 1. The van der Waals surface area contributed by atoms with Crippen LogP contribution in [0.4, 0.5) is 4.79 Å². The maximum absolute atomic E-state index is 12.3. The Bertz CT molecular complexity index is 566. The standard InChI is InChI=1S/C16H19ClN2O3/c17-11-22-15(21)19-10-16(9-7-14(20)18-16)8-6-13(19)12-4-2-1-3-5-12/h1-5,13H,6-11H2,(H,18,20). The average Bonchev–Trinajstić information content (AvgIpc) is 2.89. The number of ether oxygens (including phenoxy) is 1. The van der Waals surface area contributed by atoms with E-state index in [2.05, 4.69) is 5.32 Å². The lowest BCUT2D eigenvalue weighted by Crippen LogP contribution is -2.56. The summed E-state index contributed by atoms with van der Waals surface area (Å²) in [6.07, 6.45) is 2.51. The molecule has 2 fully saturated rings. The molecule has 2 aliphatic heterocycles. The molecule has 2 amide bonds. The molecule has 2 saturated heterocycles. The van der Waals surface area contributed by atoms with Crippen LogP contribution >= 0.6 is 11.6 Å². The first-order valence-electron chi connectivity index (χ1n) is 7.49. The second-order valence-corrected chi connectivity index (χ2v) is 6.16. The molecule has 0 aliphatic carbocycles. The quantitative estimate of drug-likeness (QED) is 0.852. The van der Waals surface area contributed by atoms with Gasteiger partial charge < -0.3 is 10.1 Å². The van der Waals surface area contributed by atoms with E-state index in [1.807, 2.05) is 30.3 Å². The van der Waals surface area contributed by atoms with Crippen molar-refractivity contribution < 1.29 is 14.3 Å². The topological polar surface area (TPSA) is 58.6 Å². The minimum absolute atomic E-state index is 0.0416. The van der Waals surface area contributed by atoms with E-state index in [1.165, 1.54) is 0 Å². The van der Waals surface area contributed by atoms with Gasteiger partial charge in [0, 0.05) is 13.0 Å². The van der Waals surface area contributed by atoms with E-state index >= 15 is 0 Å². The van der Waals surface area contributed by atoms with Gasteiger partial charge in [0.25, 0.3) is 0 Å². The average molecular weight is 323 g/mol. The first-order chi connectivity index (χ1) is 10.6. The maximum Gasteiger partial charge on any atom is 0.411 e. The van der Waals surface area contributed by atoms with Crippen LogP contribution in [0.1, 0.15) is 37.3 Å². The van der Waals surface area contributed by atoms with Crippen molar-refractivity contribution in [2.24, 2.45) is 0 Å². The number of carbonyl (C=O) groups is 2. The van der Waals surface area contributed by atoms with Gasteiger partial charge in [-0.2, -0.15) is 0 Å². The Morgan fingerprint density at radius 1 is 1.36 bits per heavy atom. The van der Waals surface area contributed by atoms with E-state index in [4.69, 9.17) is 16.3 Å². The molecular formula is C16H19ClN2O3. The number of likely N-dealkylation sites (tertiary alicyclic amines) is 1. The van der Waals surface area contributed by atoms with Crippen molar-refractivity contribution in [1.82, 2.24) is 10.2 Å². The van der Waals surface area contributed by atoms with Gasteiger partial charge in [-0.3, -0.25) is 9.69 Å². The smallest absolute Gasteiger partial charge is 0.411 e. The summed E-state index contributed by atoms with van der Waals surface area (Å²) in [7, 11) is 0. The summed E-state index contributed by atoms with van der Waals surface area (Å²) in [5.41, 5.74) is 0.765. The number of benzene rings is 1. The summed E-state index contributed by atoms with van der Waals surface area (Å²) in [6.45, 7) is 0.466. The van der Waals surface area contributed by atoms with Gasteiger partial charge in [-0.1, -0.05) is 41.9 Å². The molecule has 2 unspecified atom stereocenters. The van der Waals surface area contributed by atoms with E-state index in [0.29, 0.717) is 13.0 Å². The third-order valence-electron chi connectivity index (χ3n) is 4.58. The lowest BCUT2D eigenvalue weighted by molar-refractivity contribution is -0.120. The van der Waals surface area contributed by atoms with Gasteiger partial charge in [0.05, 0.1) is 11.6 Å². The number of hydrogen-bond acceptors (Lipinski definition) is 3. The Morgan fingerprint density at radius 3 is 2.77 bits per heavy atom. The Labute approximate surface area is 134 Å². The fourth-order valence-electron chi connectivity index (χ4n) is 3.51. The number of carbonyl (C=O) groups excluding carboxylic acids is 2. The zero-order chi connectivity index (χ0) is 15.6.